The van der Waals surface area contributed by atoms with Crippen LogP contribution in [0.5, 0.6) is 0 Å². The Bertz CT molecular complexity index is 1010. The molecule has 1 N–H and O–H groups in total. The summed E-state index contributed by atoms with van der Waals surface area (Å²) in [5, 5.41) is 11.0. The Labute approximate surface area is 215 Å². The van der Waals surface area contributed by atoms with Gasteiger partial charge in [0, 0.05) is 35.7 Å². The van der Waals surface area contributed by atoms with Crippen molar-refractivity contribution in [1.82, 2.24) is 20.0 Å². The monoisotopic (exact) mass is 502 g/mol. The Morgan fingerprint density at radius 1 is 0.833 bits per heavy atom. The van der Waals surface area contributed by atoms with Crippen LogP contribution in [0.1, 0.15) is 69.2 Å². The van der Waals surface area contributed by atoms with Gasteiger partial charge in [-0.2, -0.15) is 10.2 Å². The molecule has 2 aromatic rings. The first-order chi connectivity index (χ1) is 16.5. The van der Waals surface area contributed by atoms with Crippen molar-refractivity contribution < 1.29 is 28.1 Å². The van der Waals surface area contributed by atoms with E-state index in [1.807, 2.05) is 80.1 Å². The molecule has 0 aliphatic carbocycles. The number of aromatic amines is 1. The van der Waals surface area contributed by atoms with Gasteiger partial charge >= 0.3 is 14.2 Å². The van der Waals surface area contributed by atoms with E-state index >= 15 is 0 Å². The molecule has 3 saturated heterocycles. The van der Waals surface area contributed by atoms with E-state index in [1.54, 1.807) is 18.6 Å². The quantitative estimate of drug-likeness (QED) is 0.635. The highest BCUT2D eigenvalue weighted by Gasteiger charge is 2.53. The fourth-order valence-corrected chi connectivity index (χ4v) is 4.01. The van der Waals surface area contributed by atoms with Crippen molar-refractivity contribution in [3.8, 4) is 0 Å². The van der Waals surface area contributed by atoms with Crippen molar-refractivity contribution in [2.24, 2.45) is 0 Å². The van der Waals surface area contributed by atoms with Gasteiger partial charge in [-0.05, 0) is 69.2 Å². The third-order valence-electron chi connectivity index (χ3n) is 7.68. The van der Waals surface area contributed by atoms with Gasteiger partial charge < -0.3 is 28.1 Å². The van der Waals surface area contributed by atoms with Crippen molar-refractivity contribution in [3.63, 3.8) is 0 Å². The number of hydrogen-bond acceptors (Lipinski definition) is 8. The third-order valence-corrected chi connectivity index (χ3v) is 7.68. The highest BCUT2D eigenvalue weighted by atomic mass is 16.7. The average Bonchev–Trinajstić information content (AvgIpc) is 3.52. The molecule has 36 heavy (non-hydrogen) atoms. The van der Waals surface area contributed by atoms with Gasteiger partial charge in [0.05, 0.1) is 35.6 Å². The fourth-order valence-electron chi connectivity index (χ4n) is 4.01. The molecule has 0 bridgehead atoms. The lowest BCUT2D eigenvalue weighted by molar-refractivity contribution is -0.139. The molecule has 1 unspecified atom stereocenters. The topological polar surface area (TPSA) is 102 Å². The molecule has 3 aliphatic rings. The molecular weight excluding hydrogens is 462 g/mol. The molecular formula is C24H40B2N4O6. The van der Waals surface area contributed by atoms with Gasteiger partial charge in [0.15, 0.2) is 5.79 Å². The SMILES string of the molecule is CC1(C)OB(c2cn[nH]c2)OC1(C)C.CC1(C)OCC(Cn2cc(B3OC(C)(C)C(C)(C)O3)cn2)O1. The second kappa shape index (κ2) is 9.25. The summed E-state index contributed by atoms with van der Waals surface area (Å²) in [5.74, 6) is -0.508. The maximum absolute atomic E-state index is 6.04. The van der Waals surface area contributed by atoms with Crippen LogP contribution in [0.25, 0.3) is 0 Å². The van der Waals surface area contributed by atoms with Crippen LogP contribution in [0.15, 0.2) is 24.8 Å². The number of H-pyrrole nitrogens is 1. The van der Waals surface area contributed by atoms with Gasteiger partial charge in [0.25, 0.3) is 0 Å². The smallest absolute Gasteiger partial charge is 0.399 e. The van der Waals surface area contributed by atoms with Gasteiger partial charge in [-0.3, -0.25) is 9.78 Å². The maximum Gasteiger partial charge on any atom is 0.498 e. The molecule has 0 saturated carbocycles. The number of nitrogens with zero attached hydrogens (tertiary/aromatic N) is 3. The van der Waals surface area contributed by atoms with Crippen LogP contribution in [-0.4, -0.2) is 75.1 Å². The van der Waals surface area contributed by atoms with E-state index in [1.165, 1.54) is 0 Å². The second-order valence-corrected chi connectivity index (χ2v) is 12.2. The van der Waals surface area contributed by atoms with Crippen LogP contribution in [-0.2, 0) is 34.6 Å². The molecule has 2 aromatic heterocycles. The first kappa shape index (κ1) is 27.3. The summed E-state index contributed by atoms with van der Waals surface area (Å²) in [6.07, 6.45) is 7.28. The van der Waals surface area contributed by atoms with Crippen molar-refractivity contribution >= 4 is 25.2 Å². The molecule has 5 rings (SSSR count). The number of aromatic nitrogens is 4. The molecule has 5 heterocycles. The first-order valence-electron chi connectivity index (χ1n) is 12.5. The summed E-state index contributed by atoms with van der Waals surface area (Å²) in [6, 6.07) is 0. The molecule has 198 valence electrons. The summed E-state index contributed by atoms with van der Waals surface area (Å²) in [5.41, 5.74) is 0.614. The third kappa shape index (κ3) is 5.58. The molecule has 0 spiro atoms. The molecule has 10 nitrogen and oxygen atoms in total. The van der Waals surface area contributed by atoms with E-state index in [0.717, 1.165) is 10.9 Å². The van der Waals surface area contributed by atoms with Gasteiger partial charge in [0.2, 0.25) is 0 Å². The van der Waals surface area contributed by atoms with Crippen LogP contribution < -0.4 is 10.9 Å². The number of ether oxygens (including phenoxy) is 2. The highest BCUT2D eigenvalue weighted by Crippen LogP contribution is 2.37. The van der Waals surface area contributed by atoms with Gasteiger partial charge in [-0.25, -0.2) is 0 Å². The zero-order chi connectivity index (χ0) is 26.6. The van der Waals surface area contributed by atoms with Crippen LogP contribution in [0.3, 0.4) is 0 Å². The predicted octanol–water partition coefficient (Wildman–Crippen LogP) is 2.04. The molecule has 3 aliphatic heterocycles. The lowest BCUT2D eigenvalue weighted by Crippen LogP contribution is -2.41. The molecule has 0 amide bonds. The van der Waals surface area contributed by atoms with Gasteiger partial charge in [-0.1, -0.05) is 0 Å². The number of rotatable bonds is 4. The lowest BCUT2D eigenvalue weighted by atomic mass is 9.82. The minimum absolute atomic E-state index is 0.0149. The largest absolute Gasteiger partial charge is 0.498 e. The second-order valence-electron chi connectivity index (χ2n) is 12.2. The van der Waals surface area contributed by atoms with Crippen LogP contribution in [0.4, 0.5) is 0 Å². The summed E-state index contributed by atoms with van der Waals surface area (Å²) in [6.45, 7) is 21.4. The van der Waals surface area contributed by atoms with Crippen LogP contribution in [0, 0.1) is 0 Å². The Balaban J connectivity index is 0.000000187. The molecule has 0 aromatic carbocycles. The van der Waals surface area contributed by atoms with E-state index in [2.05, 4.69) is 15.3 Å². The minimum Gasteiger partial charge on any atom is -0.399 e. The van der Waals surface area contributed by atoms with Gasteiger partial charge in [-0.15, -0.1) is 0 Å². The fraction of sp³-hybridized carbons (Fsp3) is 0.750. The number of nitrogens with one attached hydrogen (secondary N) is 1. The van der Waals surface area contributed by atoms with Crippen LogP contribution in [0.2, 0.25) is 0 Å². The molecule has 1 atom stereocenters. The Morgan fingerprint density at radius 3 is 1.81 bits per heavy atom. The van der Waals surface area contributed by atoms with Crippen molar-refractivity contribution in [2.75, 3.05) is 6.61 Å². The Kier molecular flexibility index (Phi) is 7.03. The summed E-state index contributed by atoms with van der Waals surface area (Å²) in [7, 11) is -0.685. The average molecular weight is 502 g/mol. The minimum atomic E-state index is -0.508. The normalized spacial score (nSPS) is 27.2. The summed E-state index contributed by atoms with van der Waals surface area (Å²) < 4.78 is 37.0. The van der Waals surface area contributed by atoms with E-state index in [0.29, 0.717) is 13.2 Å². The predicted molar refractivity (Wildman–Crippen MR) is 137 cm³/mol. The Morgan fingerprint density at radius 2 is 1.36 bits per heavy atom. The highest BCUT2D eigenvalue weighted by molar-refractivity contribution is 6.62. The van der Waals surface area contributed by atoms with E-state index in [9.17, 15) is 0 Å². The molecule has 12 heteroatoms. The lowest BCUT2D eigenvalue weighted by Gasteiger charge is -2.32. The van der Waals surface area contributed by atoms with Crippen LogP contribution >= 0.6 is 0 Å². The van der Waals surface area contributed by atoms with E-state index < -0.39 is 5.79 Å². The maximum atomic E-state index is 6.04. The van der Waals surface area contributed by atoms with E-state index in [4.69, 9.17) is 28.1 Å². The molecule has 3 fully saturated rings. The first-order valence-corrected chi connectivity index (χ1v) is 12.5. The van der Waals surface area contributed by atoms with Crippen molar-refractivity contribution in [2.45, 2.75) is 110 Å². The number of hydrogen-bond donors (Lipinski definition) is 1. The van der Waals surface area contributed by atoms with E-state index in [-0.39, 0.29) is 42.7 Å². The zero-order valence-electron chi connectivity index (χ0n) is 23.2. The standard InChI is InChI=1S/C15H25BN2O4.C9H15BN2O2/c1-13(2)14(3,4)22-16(21-13)11-7-17-18(8-11)9-12-10-19-15(5,6)20-12;1-8(2)9(3,4)14-10(13-8)7-5-11-12-6-7/h7-8,12H,9-10H2,1-6H3;5-6H,1-4H3,(H,11,12). The van der Waals surface area contributed by atoms with Gasteiger partial charge in [0.1, 0.15) is 6.10 Å². The summed E-state index contributed by atoms with van der Waals surface area (Å²) >= 11 is 0. The Hall–Kier alpha value is -1.69. The van der Waals surface area contributed by atoms with Crippen molar-refractivity contribution in [1.29, 1.82) is 0 Å². The summed E-state index contributed by atoms with van der Waals surface area (Å²) in [4.78, 5) is 0. The zero-order valence-corrected chi connectivity index (χ0v) is 23.2. The van der Waals surface area contributed by atoms with Crippen molar-refractivity contribution in [3.05, 3.63) is 24.8 Å². The molecule has 0 radical (unpaired) electrons.